The normalized spacial score (nSPS) is 13.4. The molecule has 0 aliphatic carbocycles. The summed E-state index contributed by atoms with van der Waals surface area (Å²) in [6.07, 6.45) is 8.13. The van der Waals surface area contributed by atoms with Crippen molar-refractivity contribution in [3.63, 3.8) is 0 Å². The molecule has 2 heterocycles. The van der Waals surface area contributed by atoms with Crippen molar-refractivity contribution in [3.8, 4) is 0 Å². The Balaban J connectivity index is 1.86. The zero-order valence-electron chi connectivity index (χ0n) is 21.2. The van der Waals surface area contributed by atoms with Gasteiger partial charge >= 0.3 is 6.09 Å². The molecule has 0 spiro atoms. The number of rotatable bonds is 12. The van der Waals surface area contributed by atoms with Crippen molar-refractivity contribution in [2.75, 3.05) is 19.7 Å². The maximum Gasteiger partial charge on any atom is 0.407 e. The minimum atomic E-state index is -0.484. The van der Waals surface area contributed by atoms with Crippen LogP contribution in [0.5, 0.6) is 0 Å². The fraction of sp³-hybridized carbons (Fsp3) is 0.667. The number of amides is 2. The fourth-order valence-corrected chi connectivity index (χ4v) is 3.47. The molecular weight excluding hydrogens is 436 g/mol. The molecule has 1 aromatic rings. The summed E-state index contributed by atoms with van der Waals surface area (Å²) in [5.74, 6) is 0.174. The van der Waals surface area contributed by atoms with Gasteiger partial charge in [-0.05, 0) is 53.0 Å². The molecule has 2 amide bonds. The van der Waals surface area contributed by atoms with E-state index in [1.54, 1.807) is 6.08 Å². The molecule has 10 heteroatoms. The number of nitrogens with two attached hydrogens (primary N) is 1. The first-order chi connectivity index (χ1) is 16.1. The Bertz CT molecular complexity index is 879. The number of carbonyl (C=O) groups excluding carboxylic acids is 2. The van der Waals surface area contributed by atoms with E-state index in [9.17, 15) is 9.59 Å². The number of aliphatic imine (C=N–C) groups is 1. The van der Waals surface area contributed by atoms with Gasteiger partial charge in [-0.1, -0.05) is 19.8 Å². The number of carbonyl (C=O) groups is 2. The second-order valence-electron chi connectivity index (χ2n) is 9.28. The van der Waals surface area contributed by atoms with Crippen LogP contribution in [0, 0.1) is 0 Å². The topological polar surface area (TPSA) is 124 Å². The summed E-state index contributed by atoms with van der Waals surface area (Å²) in [6, 6.07) is 0. The molecule has 0 aromatic carbocycles. The third-order valence-electron chi connectivity index (χ3n) is 4.91. The Kier molecular flexibility index (Phi) is 10.6. The van der Waals surface area contributed by atoms with E-state index in [-0.39, 0.29) is 18.4 Å². The molecule has 1 aromatic heterocycles. The van der Waals surface area contributed by atoms with E-state index in [1.807, 2.05) is 45.5 Å². The van der Waals surface area contributed by atoms with E-state index in [1.165, 1.54) is 5.06 Å². The minimum Gasteiger partial charge on any atom is -0.444 e. The van der Waals surface area contributed by atoms with Crippen LogP contribution >= 0.6 is 0 Å². The number of hydrogen-bond acceptors (Lipinski definition) is 7. The molecule has 0 radical (unpaired) electrons. The largest absolute Gasteiger partial charge is 0.444 e. The van der Waals surface area contributed by atoms with Gasteiger partial charge in [0.25, 0.3) is 5.91 Å². The van der Waals surface area contributed by atoms with Crippen LogP contribution in [-0.2, 0) is 20.9 Å². The molecule has 0 bridgehead atoms. The number of aryl methyl sites for hydroxylation is 1. The second kappa shape index (κ2) is 13.1. The molecule has 3 N–H and O–H groups in total. The van der Waals surface area contributed by atoms with Gasteiger partial charge in [0.15, 0.2) is 0 Å². The predicted octanol–water partition coefficient (Wildman–Crippen LogP) is 3.93. The molecule has 2 rings (SSSR count). The second-order valence-corrected chi connectivity index (χ2v) is 9.28. The molecule has 1 aliphatic rings. The molecule has 0 fully saturated rings. The maximum atomic E-state index is 13.0. The Morgan fingerprint density at radius 2 is 1.94 bits per heavy atom. The first-order valence-electron chi connectivity index (χ1n) is 12.2. The van der Waals surface area contributed by atoms with E-state index >= 15 is 0 Å². The Hall–Kier alpha value is -2.88. The van der Waals surface area contributed by atoms with Crippen molar-refractivity contribution in [2.45, 2.75) is 85.3 Å². The summed E-state index contributed by atoms with van der Waals surface area (Å²) in [5, 5.41) is 8.78. The summed E-state index contributed by atoms with van der Waals surface area (Å²) in [5.41, 5.74) is 7.42. The number of fused-ring (bicyclic) bond motifs is 1. The number of aromatic nitrogens is 2. The average Bonchev–Trinajstić information content (AvgIpc) is 3.03. The monoisotopic (exact) mass is 476 g/mol. The number of hydrogen-bond donors (Lipinski definition) is 2. The van der Waals surface area contributed by atoms with Crippen molar-refractivity contribution in [2.24, 2.45) is 10.7 Å². The van der Waals surface area contributed by atoms with Crippen LogP contribution in [0.15, 0.2) is 16.8 Å². The molecule has 0 saturated heterocycles. The summed E-state index contributed by atoms with van der Waals surface area (Å²) >= 11 is 0. The van der Waals surface area contributed by atoms with Gasteiger partial charge in [-0.15, -0.1) is 0 Å². The minimum absolute atomic E-state index is 0.204. The lowest BCUT2D eigenvalue weighted by Crippen LogP contribution is -2.34. The zero-order valence-corrected chi connectivity index (χ0v) is 21.2. The SMILES string of the molecule is CCCN(OCC)C(=O)C1=Cc2nn(CCCCCCNC(=O)OC(C)(C)C)cc2N=C(N)C1. The Morgan fingerprint density at radius 3 is 2.62 bits per heavy atom. The van der Waals surface area contributed by atoms with Crippen molar-refractivity contribution in [1.82, 2.24) is 20.2 Å². The Morgan fingerprint density at radius 1 is 1.21 bits per heavy atom. The summed E-state index contributed by atoms with van der Waals surface area (Å²) < 4.78 is 7.07. The molecule has 0 atom stereocenters. The molecule has 34 heavy (non-hydrogen) atoms. The van der Waals surface area contributed by atoms with Crippen molar-refractivity contribution in [1.29, 1.82) is 0 Å². The maximum absolute atomic E-state index is 13.0. The number of nitrogens with zero attached hydrogens (tertiary/aromatic N) is 4. The number of ether oxygens (including phenoxy) is 1. The Labute approximate surface area is 202 Å². The fourth-order valence-electron chi connectivity index (χ4n) is 3.47. The third-order valence-corrected chi connectivity index (χ3v) is 4.91. The van der Waals surface area contributed by atoms with Crippen LogP contribution in [0.25, 0.3) is 6.08 Å². The smallest absolute Gasteiger partial charge is 0.407 e. The zero-order chi connectivity index (χ0) is 25.1. The van der Waals surface area contributed by atoms with Crippen LogP contribution in [0.1, 0.15) is 78.8 Å². The van der Waals surface area contributed by atoms with Crippen molar-refractivity contribution < 1.29 is 19.2 Å². The first-order valence-corrected chi connectivity index (χ1v) is 12.2. The third kappa shape index (κ3) is 9.17. The lowest BCUT2D eigenvalue weighted by Gasteiger charge is -2.21. The van der Waals surface area contributed by atoms with Crippen molar-refractivity contribution >= 4 is 29.6 Å². The molecule has 1 aliphatic heterocycles. The van der Waals surface area contributed by atoms with Crippen LogP contribution in [0.3, 0.4) is 0 Å². The van der Waals surface area contributed by atoms with Gasteiger partial charge in [-0.3, -0.25) is 14.3 Å². The van der Waals surface area contributed by atoms with E-state index < -0.39 is 5.60 Å². The van der Waals surface area contributed by atoms with Gasteiger partial charge in [-0.2, -0.15) is 5.10 Å². The number of alkyl carbamates (subject to hydrolysis) is 1. The van der Waals surface area contributed by atoms with E-state index in [0.717, 1.165) is 38.6 Å². The molecule has 0 saturated carbocycles. The van der Waals surface area contributed by atoms with Crippen LogP contribution in [-0.4, -0.2) is 58.0 Å². The van der Waals surface area contributed by atoms with Gasteiger partial charge in [0.1, 0.15) is 22.8 Å². The van der Waals surface area contributed by atoms with Gasteiger partial charge in [-0.25, -0.2) is 14.9 Å². The standard InChI is InChI=1S/C24H40N6O4/c1-6-13-30(33-7-2)22(31)18-15-19-20(27-21(25)16-18)17-29(28-19)14-11-9-8-10-12-26-23(32)34-24(3,4)5/h15,17H,6-14,16H2,1-5H3,(H2,25,27)(H,26,32). The number of unbranched alkanes of at least 4 members (excludes halogenated alkanes) is 3. The highest BCUT2D eigenvalue weighted by molar-refractivity contribution is 6.04. The molecule has 10 nitrogen and oxygen atoms in total. The molecule has 0 unspecified atom stereocenters. The number of nitrogens with one attached hydrogen (secondary N) is 1. The summed E-state index contributed by atoms with van der Waals surface area (Å²) in [4.78, 5) is 34.5. The summed E-state index contributed by atoms with van der Waals surface area (Å²) in [6.45, 7) is 11.6. The van der Waals surface area contributed by atoms with E-state index in [2.05, 4.69) is 15.4 Å². The number of hydroxylamine groups is 2. The average molecular weight is 477 g/mol. The quantitative estimate of drug-likeness (QED) is 0.348. The van der Waals surface area contributed by atoms with Crippen LogP contribution in [0.2, 0.25) is 0 Å². The van der Waals surface area contributed by atoms with Gasteiger partial charge in [0.2, 0.25) is 0 Å². The predicted molar refractivity (Wildman–Crippen MR) is 132 cm³/mol. The van der Waals surface area contributed by atoms with E-state index in [0.29, 0.717) is 42.5 Å². The van der Waals surface area contributed by atoms with Gasteiger partial charge in [0, 0.05) is 31.6 Å². The first kappa shape index (κ1) is 27.4. The lowest BCUT2D eigenvalue weighted by atomic mass is 10.1. The number of amidine groups is 1. The van der Waals surface area contributed by atoms with Gasteiger partial charge in [0.05, 0.1) is 12.8 Å². The highest BCUT2D eigenvalue weighted by Gasteiger charge is 2.23. The van der Waals surface area contributed by atoms with E-state index in [4.69, 9.17) is 15.3 Å². The highest BCUT2D eigenvalue weighted by atomic mass is 16.7. The van der Waals surface area contributed by atoms with Crippen LogP contribution < -0.4 is 11.1 Å². The summed E-state index contributed by atoms with van der Waals surface area (Å²) in [7, 11) is 0. The highest BCUT2D eigenvalue weighted by Crippen LogP contribution is 2.26. The van der Waals surface area contributed by atoms with Gasteiger partial charge < -0.3 is 15.8 Å². The molecular formula is C24H40N6O4. The molecule has 190 valence electrons. The lowest BCUT2D eigenvalue weighted by molar-refractivity contribution is -0.180. The van der Waals surface area contributed by atoms with Crippen LogP contribution in [0.4, 0.5) is 10.5 Å². The van der Waals surface area contributed by atoms with Crippen molar-refractivity contribution in [3.05, 3.63) is 17.5 Å².